The zero-order valence-corrected chi connectivity index (χ0v) is 13.9. The van der Waals surface area contributed by atoms with Crippen molar-refractivity contribution in [2.24, 2.45) is 0 Å². The summed E-state index contributed by atoms with van der Waals surface area (Å²) in [6.45, 7) is 3.50. The predicted octanol–water partition coefficient (Wildman–Crippen LogP) is 2.98. The van der Waals surface area contributed by atoms with E-state index in [1.54, 1.807) is 12.4 Å². The second kappa shape index (κ2) is 7.30. The molecular formula is C18H27N3O2. The van der Waals surface area contributed by atoms with Crippen LogP contribution < -0.4 is 10.6 Å². The van der Waals surface area contributed by atoms with E-state index in [2.05, 4.69) is 22.5 Å². The first-order valence-electron chi connectivity index (χ1n) is 8.75. The lowest BCUT2D eigenvalue weighted by molar-refractivity contribution is -0.0820. The zero-order valence-electron chi connectivity index (χ0n) is 13.9. The first-order chi connectivity index (χ1) is 11.2. The van der Waals surface area contributed by atoms with Crippen molar-refractivity contribution >= 4 is 6.03 Å². The van der Waals surface area contributed by atoms with Gasteiger partial charge in [-0.3, -0.25) is 4.98 Å². The van der Waals surface area contributed by atoms with Crippen molar-refractivity contribution in [3.8, 4) is 0 Å². The lowest BCUT2D eigenvalue weighted by Gasteiger charge is -2.38. The van der Waals surface area contributed by atoms with E-state index in [0.717, 1.165) is 32.3 Å². The highest BCUT2D eigenvalue weighted by Crippen LogP contribution is 2.39. The molecule has 3 rings (SSSR count). The van der Waals surface area contributed by atoms with Gasteiger partial charge in [-0.1, -0.05) is 19.8 Å². The molecule has 23 heavy (non-hydrogen) atoms. The lowest BCUT2D eigenvalue weighted by Crippen LogP contribution is -2.50. The number of hydrogen-bond acceptors (Lipinski definition) is 3. The number of ether oxygens (including phenoxy) is 1. The van der Waals surface area contributed by atoms with Crippen molar-refractivity contribution in [2.75, 3.05) is 13.2 Å². The van der Waals surface area contributed by atoms with E-state index in [1.165, 1.54) is 18.4 Å². The summed E-state index contributed by atoms with van der Waals surface area (Å²) in [5, 5.41) is 6.13. The van der Waals surface area contributed by atoms with Crippen LogP contribution in [0.5, 0.6) is 0 Å². The summed E-state index contributed by atoms with van der Waals surface area (Å²) in [6.07, 6.45) is 10.2. The number of amides is 2. The molecule has 1 aliphatic carbocycles. The van der Waals surface area contributed by atoms with Crippen LogP contribution in [0.25, 0.3) is 0 Å². The summed E-state index contributed by atoms with van der Waals surface area (Å²) in [5.74, 6) is 0.277. The maximum Gasteiger partial charge on any atom is 0.315 e. The van der Waals surface area contributed by atoms with Crippen LogP contribution in [-0.2, 0) is 4.74 Å². The van der Waals surface area contributed by atoms with Crippen LogP contribution in [0.15, 0.2) is 24.5 Å². The molecule has 2 fully saturated rings. The number of hydrogen-bond donors (Lipinski definition) is 2. The predicted molar refractivity (Wildman–Crippen MR) is 89.4 cm³/mol. The van der Waals surface area contributed by atoms with Gasteiger partial charge in [0, 0.05) is 31.6 Å². The molecule has 126 valence electrons. The molecule has 2 aliphatic rings. The van der Waals surface area contributed by atoms with Gasteiger partial charge in [-0.05, 0) is 49.3 Å². The number of aromatic nitrogens is 1. The van der Waals surface area contributed by atoms with Crippen LogP contribution in [0.2, 0.25) is 0 Å². The second-order valence-corrected chi connectivity index (χ2v) is 6.96. The van der Waals surface area contributed by atoms with Crippen LogP contribution in [-0.4, -0.2) is 35.8 Å². The van der Waals surface area contributed by atoms with Crippen LogP contribution >= 0.6 is 0 Å². The molecule has 5 nitrogen and oxygen atoms in total. The van der Waals surface area contributed by atoms with E-state index in [1.807, 2.05) is 12.1 Å². The summed E-state index contributed by atoms with van der Waals surface area (Å²) in [5.41, 5.74) is 1.23. The van der Waals surface area contributed by atoms with Crippen molar-refractivity contribution < 1.29 is 9.53 Å². The highest BCUT2D eigenvalue weighted by Gasteiger charge is 2.40. The number of pyridine rings is 1. The molecule has 0 radical (unpaired) electrons. The van der Waals surface area contributed by atoms with E-state index < -0.39 is 0 Å². The summed E-state index contributed by atoms with van der Waals surface area (Å²) < 4.78 is 6.02. The Kier molecular flexibility index (Phi) is 5.16. The Hall–Kier alpha value is -1.62. The van der Waals surface area contributed by atoms with E-state index in [0.29, 0.717) is 6.54 Å². The number of carbonyl (C=O) groups excluding carboxylic acids is 1. The number of nitrogens with one attached hydrogen (secondary N) is 2. The Morgan fingerprint density at radius 3 is 2.87 bits per heavy atom. The maximum atomic E-state index is 12.2. The van der Waals surface area contributed by atoms with Crippen molar-refractivity contribution in [1.29, 1.82) is 0 Å². The Labute approximate surface area is 138 Å². The van der Waals surface area contributed by atoms with Crippen LogP contribution in [0, 0.1) is 0 Å². The third kappa shape index (κ3) is 4.22. The maximum absolute atomic E-state index is 12.2. The summed E-state index contributed by atoms with van der Waals surface area (Å²) in [4.78, 5) is 16.2. The summed E-state index contributed by atoms with van der Waals surface area (Å²) in [6, 6.07) is 4.16. The van der Waals surface area contributed by atoms with Gasteiger partial charge in [-0.15, -0.1) is 0 Å². The van der Waals surface area contributed by atoms with Gasteiger partial charge in [0.15, 0.2) is 0 Å². The number of rotatable bonds is 4. The smallest absolute Gasteiger partial charge is 0.315 e. The number of urea groups is 1. The summed E-state index contributed by atoms with van der Waals surface area (Å²) >= 11 is 0. The number of nitrogens with zero attached hydrogens (tertiary/aromatic N) is 1. The molecule has 5 heteroatoms. The Morgan fingerprint density at radius 1 is 1.39 bits per heavy atom. The van der Waals surface area contributed by atoms with Crippen LogP contribution in [0.1, 0.15) is 56.9 Å². The van der Waals surface area contributed by atoms with Gasteiger partial charge in [0.25, 0.3) is 0 Å². The highest BCUT2D eigenvalue weighted by atomic mass is 16.5. The Balaban J connectivity index is 1.44. The first-order valence-corrected chi connectivity index (χ1v) is 8.75. The minimum Gasteiger partial charge on any atom is -0.375 e. The molecule has 2 heterocycles. The Bertz CT molecular complexity index is 514. The van der Waals surface area contributed by atoms with E-state index in [-0.39, 0.29) is 23.6 Å². The zero-order chi connectivity index (χ0) is 16.1. The minimum atomic E-state index is -0.0639. The SMILES string of the molecule is C[C@H](CNC(=O)N[C@@H]1CCOC2(CCCC2)C1)c1ccncc1. The number of carbonyl (C=O) groups is 1. The molecule has 2 N–H and O–H groups in total. The van der Waals surface area contributed by atoms with E-state index in [4.69, 9.17) is 4.74 Å². The molecule has 1 aromatic heterocycles. The third-order valence-corrected chi connectivity index (χ3v) is 5.19. The van der Waals surface area contributed by atoms with E-state index >= 15 is 0 Å². The van der Waals surface area contributed by atoms with Crippen LogP contribution in [0.4, 0.5) is 4.79 Å². The molecule has 2 atom stereocenters. The van der Waals surface area contributed by atoms with E-state index in [9.17, 15) is 4.79 Å². The lowest BCUT2D eigenvalue weighted by atomic mass is 9.89. The van der Waals surface area contributed by atoms with Crippen LogP contribution in [0.3, 0.4) is 0 Å². The fraction of sp³-hybridized carbons (Fsp3) is 0.667. The average Bonchev–Trinajstić information content (AvgIpc) is 3.01. The average molecular weight is 317 g/mol. The third-order valence-electron chi connectivity index (χ3n) is 5.19. The molecule has 1 aliphatic heterocycles. The van der Waals surface area contributed by atoms with Crippen molar-refractivity contribution in [1.82, 2.24) is 15.6 Å². The second-order valence-electron chi connectivity index (χ2n) is 6.96. The molecule has 1 spiro atoms. The molecule has 2 amide bonds. The van der Waals surface area contributed by atoms with Gasteiger partial charge >= 0.3 is 6.03 Å². The normalized spacial score (nSPS) is 24.3. The molecule has 1 saturated carbocycles. The molecular weight excluding hydrogens is 290 g/mol. The standard InChI is InChI=1S/C18H27N3O2/c1-14(15-4-9-19-10-5-15)13-20-17(22)21-16-6-11-23-18(12-16)7-2-3-8-18/h4-5,9-10,14,16H,2-3,6-8,11-13H2,1H3,(H2,20,21,22)/t14-,16-/m1/s1. The van der Waals surface area contributed by atoms with Crippen molar-refractivity contribution in [3.63, 3.8) is 0 Å². The molecule has 1 aromatic rings. The Morgan fingerprint density at radius 2 is 2.13 bits per heavy atom. The van der Waals surface area contributed by atoms with Gasteiger partial charge in [0.1, 0.15) is 0 Å². The van der Waals surface area contributed by atoms with Crippen molar-refractivity contribution in [3.05, 3.63) is 30.1 Å². The summed E-state index contributed by atoms with van der Waals surface area (Å²) in [7, 11) is 0. The minimum absolute atomic E-state index is 0.0422. The van der Waals surface area contributed by atoms with Gasteiger partial charge in [-0.2, -0.15) is 0 Å². The fourth-order valence-corrected chi connectivity index (χ4v) is 3.81. The highest BCUT2D eigenvalue weighted by molar-refractivity contribution is 5.74. The van der Waals surface area contributed by atoms with Gasteiger partial charge in [-0.25, -0.2) is 4.79 Å². The monoisotopic (exact) mass is 317 g/mol. The largest absolute Gasteiger partial charge is 0.375 e. The van der Waals surface area contributed by atoms with Gasteiger partial charge in [0.2, 0.25) is 0 Å². The molecule has 0 aromatic carbocycles. The molecule has 1 saturated heterocycles. The molecule has 0 bridgehead atoms. The fourth-order valence-electron chi connectivity index (χ4n) is 3.81. The molecule has 0 unspecified atom stereocenters. The van der Waals surface area contributed by atoms with Gasteiger partial charge < -0.3 is 15.4 Å². The quantitative estimate of drug-likeness (QED) is 0.897. The van der Waals surface area contributed by atoms with Crippen molar-refractivity contribution in [2.45, 2.75) is 63.0 Å². The first kappa shape index (κ1) is 16.2. The van der Waals surface area contributed by atoms with Gasteiger partial charge in [0.05, 0.1) is 5.60 Å². The topological polar surface area (TPSA) is 63.2 Å².